The molecule has 0 aromatic carbocycles. The van der Waals surface area contributed by atoms with Crippen LogP contribution in [0, 0.1) is 6.92 Å². The predicted octanol–water partition coefficient (Wildman–Crippen LogP) is -0.463. The lowest BCUT2D eigenvalue weighted by atomic mass is 10.4. The standard InChI is InChI=1S/C11H15N3O3/c1-8-7-14(11(17)13-10(8)16)6-4-3-5-12-9(2)15/h3-4,7H,5-6H2,1-2H3,(H,12,15)(H,13,16,17). The van der Waals surface area contributed by atoms with Gasteiger partial charge >= 0.3 is 5.69 Å². The first-order valence-electron chi connectivity index (χ1n) is 5.20. The molecule has 17 heavy (non-hydrogen) atoms. The highest BCUT2D eigenvalue weighted by molar-refractivity contribution is 5.72. The zero-order valence-electron chi connectivity index (χ0n) is 9.82. The molecule has 1 aromatic heterocycles. The number of aromatic amines is 1. The minimum Gasteiger partial charge on any atom is -0.353 e. The quantitative estimate of drug-likeness (QED) is 0.695. The fourth-order valence-electron chi connectivity index (χ4n) is 1.23. The van der Waals surface area contributed by atoms with Gasteiger partial charge in [0.05, 0.1) is 0 Å². The Bertz CT molecular complexity index is 540. The highest BCUT2D eigenvalue weighted by atomic mass is 16.2. The van der Waals surface area contributed by atoms with E-state index in [1.807, 2.05) is 0 Å². The molecule has 2 N–H and O–H groups in total. The number of nitrogens with one attached hydrogen (secondary N) is 2. The number of hydrogen-bond donors (Lipinski definition) is 2. The molecule has 6 heteroatoms. The Labute approximate surface area is 98.0 Å². The number of carbonyl (C=O) groups is 1. The Morgan fingerprint density at radius 1 is 1.47 bits per heavy atom. The van der Waals surface area contributed by atoms with E-state index < -0.39 is 5.69 Å². The van der Waals surface area contributed by atoms with Gasteiger partial charge in [-0.05, 0) is 6.92 Å². The number of nitrogens with zero attached hydrogens (tertiary/aromatic N) is 1. The van der Waals surface area contributed by atoms with Gasteiger partial charge in [-0.1, -0.05) is 12.2 Å². The Kier molecular flexibility index (Phi) is 4.45. The van der Waals surface area contributed by atoms with E-state index in [1.165, 1.54) is 17.7 Å². The number of H-pyrrole nitrogens is 1. The summed E-state index contributed by atoms with van der Waals surface area (Å²) >= 11 is 0. The van der Waals surface area contributed by atoms with Gasteiger partial charge in [0.25, 0.3) is 5.56 Å². The molecule has 0 fully saturated rings. The van der Waals surface area contributed by atoms with Gasteiger partial charge in [0.15, 0.2) is 0 Å². The Morgan fingerprint density at radius 3 is 2.82 bits per heavy atom. The van der Waals surface area contributed by atoms with Crippen molar-refractivity contribution in [2.24, 2.45) is 0 Å². The van der Waals surface area contributed by atoms with Crippen molar-refractivity contribution < 1.29 is 4.79 Å². The largest absolute Gasteiger partial charge is 0.353 e. The smallest absolute Gasteiger partial charge is 0.328 e. The topological polar surface area (TPSA) is 84.0 Å². The van der Waals surface area contributed by atoms with Crippen LogP contribution in [0.25, 0.3) is 0 Å². The average molecular weight is 237 g/mol. The van der Waals surface area contributed by atoms with Crippen molar-refractivity contribution in [3.05, 3.63) is 44.8 Å². The van der Waals surface area contributed by atoms with Crippen molar-refractivity contribution in [1.82, 2.24) is 14.9 Å². The minimum atomic E-state index is -0.440. The van der Waals surface area contributed by atoms with Crippen LogP contribution >= 0.6 is 0 Å². The van der Waals surface area contributed by atoms with Crippen LogP contribution in [0.15, 0.2) is 27.9 Å². The molecule has 0 atom stereocenters. The molecule has 0 unspecified atom stereocenters. The van der Waals surface area contributed by atoms with Crippen LogP contribution in [0.3, 0.4) is 0 Å². The lowest BCUT2D eigenvalue weighted by Gasteiger charge is -2.01. The Hall–Kier alpha value is -2.11. The van der Waals surface area contributed by atoms with Crippen molar-refractivity contribution in [3.63, 3.8) is 0 Å². The number of carbonyl (C=O) groups excluding carboxylic acids is 1. The van der Waals surface area contributed by atoms with Crippen LogP contribution in [0.1, 0.15) is 12.5 Å². The molecule has 0 saturated carbocycles. The Balaban J connectivity index is 2.64. The van der Waals surface area contributed by atoms with E-state index in [0.717, 1.165) is 0 Å². The molecule has 0 spiro atoms. The molecule has 0 radical (unpaired) electrons. The lowest BCUT2D eigenvalue weighted by molar-refractivity contribution is -0.118. The van der Waals surface area contributed by atoms with Gasteiger partial charge in [0, 0.05) is 31.8 Å². The molecule has 1 aromatic rings. The molecule has 1 rings (SSSR count). The van der Waals surface area contributed by atoms with E-state index in [2.05, 4.69) is 10.3 Å². The fourth-order valence-corrected chi connectivity index (χ4v) is 1.23. The van der Waals surface area contributed by atoms with Gasteiger partial charge in [-0.2, -0.15) is 0 Å². The third kappa shape index (κ3) is 4.10. The number of aromatic nitrogens is 2. The zero-order chi connectivity index (χ0) is 12.8. The highest BCUT2D eigenvalue weighted by Gasteiger charge is 1.98. The van der Waals surface area contributed by atoms with E-state index in [-0.39, 0.29) is 11.5 Å². The monoisotopic (exact) mass is 237 g/mol. The molecule has 6 nitrogen and oxygen atoms in total. The van der Waals surface area contributed by atoms with Crippen molar-refractivity contribution in [3.8, 4) is 0 Å². The second-order valence-electron chi connectivity index (χ2n) is 3.63. The van der Waals surface area contributed by atoms with E-state index in [0.29, 0.717) is 18.7 Å². The third-order valence-corrected chi connectivity index (χ3v) is 2.13. The normalized spacial score (nSPS) is 10.7. The number of aryl methyl sites for hydroxylation is 1. The fraction of sp³-hybridized carbons (Fsp3) is 0.364. The van der Waals surface area contributed by atoms with Gasteiger partial charge < -0.3 is 5.32 Å². The van der Waals surface area contributed by atoms with Crippen molar-refractivity contribution >= 4 is 5.91 Å². The van der Waals surface area contributed by atoms with Crippen molar-refractivity contribution in [2.45, 2.75) is 20.4 Å². The van der Waals surface area contributed by atoms with Gasteiger partial charge in [0.2, 0.25) is 5.91 Å². The molecular weight excluding hydrogens is 222 g/mol. The molecule has 92 valence electrons. The van der Waals surface area contributed by atoms with Gasteiger partial charge in [-0.3, -0.25) is 19.1 Å². The molecule has 0 bridgehead atoms. The maximum Gasteiger partial charge on any atom is 0.328 e. The van der Waals surface area contributed by atoms with Crippen molar-refractivity contribution in [1.29, 1.82) is 0 Å². The molecule has 0 aliphatic heterocycles. The summed E-state index contributed by atoms with van der Waals surface area (Å²) in [6.45, 7) is 3.85. The van der Waals surface area contributed by atoms with E-state index in [4.69, 9.17) is 0 Å². The summed E-state index contributed by atoms with van der Waals surface area (Å²) in [5, 5.41) is 2.60. The summed E-state index contributed by atoms with van der Waals surface area (Å²) in [5.41, 5.74) is -0.321. The summed E-state index contributed by atoms with van der Waals surface area (Å²) in [4.78, 5) is 35.3. The van der Waals surface area contributed by atoms with Crippen LogP contribution in [0.4, 0.5) is 0 Å². The molecule has 0 aliphatic carbocycles. The van der Waals surface area contributed by atoms with Gasteiger partial charge in [-0.15, -0.1) is 0 Å². The Morgan fingerprint density at radius 2 is 2.18 bits per heavy atom. The van der Waals surface area contributed by atoms with Crippen LogP contribution in [-0.4, -0.2) is 22.0 Å². The summed E-state index contributed by atoms with van der Waals surface area (Å²) in [7, 11) is 0. The number of hydrogen-bond acceptors (Lipinski definition) is 3. The second kappa shape index (κ2) is 5.83. The molecule has 0 saturated heterocycles. The third-order valence-electron chi connectivity index (χ3n) is 2.13. The highest BCUT2D eigenvalue weighted by Crippen LogP contribution is 1.85. The molecule has 1 heterocycles. The summed E-state index contributed by atoms with van der Waals surface area (Å²) in [5.74, 6) is -0.105. The second-order valence-corrected chi connectivity index (χ2v) is 3.63. The maximum absolute atomic E-state index is 11.4. The first kappa shape index (κ1) is 13.0. The molecule has 1 amide bonds. The van der Waals surface area contributed by atoms with Gasteiger partial charge in [-0.25, -0.2) is 4.79 Å². The maximum atomic E-state index is 11.4. The summed E-state index contributed by atoms with van der Waals surface area (Å²) < 4.78 is 1.39. The van der Waals surface area contributed by atoms with Crippen LogP contribution < -0.4 is 16.6 Å². The number of allylic oxidation sites excluding steroid dienone is 1. The first-order chi connectivity index (χ1) is 8.00. The summed E-state index contributed by atoms with van der Waals surface area (Å²) in [6.07, 6.45) is 4.99. The van der Waals surface area contributed by atoms with Crippen LogP contribution in [0.2, 0.25) is 0 Å². The summed E-state index contributed by atoms with van der Waals surface area (Å²) in [6, 6.07) is 0. The first-order valence-corrected chi connectivity index (χ1v) is 5.20. The minimum absolute atomic E-state index is 0.105. The van der Waals surface area contributed by atoms with E-state index >= 15 is 0 Å². The van der Waals surface area contributed by atoms with Crippen molar-refractivity contribution in [2.75, 3.05) is 6.54 Å². The van der Waals surface area contributed by atoms with E-state index in [1.54, 1.807) is 19.1 Å². The number of amides is 1. The predicted molar refractivity (Wildman–Crippen MR) is 63.9 cm³/mol. The average Bonchev–Trinajstić information content (AvgIpc) is 2.24. The van der Waals surface area contributed by atoms with Gasteiger partial charge in [0.1, 0.15) is 0 Å². The zero-order valence-corrected chi connectivity index (χ0v) is 9.82. The number of rotatable bonds is 4. The SMILES string of the molecule is CC(=O)NCC=CCn1cc(C)c(=O)[nH]c1=O. The van der Waals surface area contributed by atoms with Crippen LogP contribution in [0.5, 0.6) is 0 Å². The molecule has 0 aliphatic rings. The van der Waals surface area contributed by atoms with E-state index in [9.17, 15) is 14.4 Å². The lowest BCUT2D eigenvalue weighted by Crippen LogP contribution is -2.30. The van der Waals surface area contributed by atoms with Crippen LogP contribution in [-0.2, 0) is 11.3 Å². The molecular formula is C11H15N3O3.